The van der Waals surface area contributed by atoms with Crippen LogP contribution in [0, 0.1) is 0 Å². The van der Waals surface area contributed by atoms with E-state index in [9.17, 15) is 9.59 Å². The standard InChI is InChI=1S/C14H19NO3/c1-14(2,3)18-10-13(17)15-9-12(16)11-7-5-4-6-8-11/h4-8H,9-10H2,1-3H3,(H,15,17). The van der Waals surface area contributed by atoms with Gasteiger partial charge in [-0.3, -0.25) is 9.59 Å². The predicted octanol–water partition coefficient (Wildman–Crippen LogP) is 1.80. The van der Waals surface area contributed by atoms with Crippen molar-refractivity contribution in [3.63, 3.8) is 0 Å². The van der Waals surface area contributed by atoms with Gasteiger partial charge >= 0.3 is 0 Å². The van der Waals surface area contributed by atoms with E-state index in [0.717, 1.165) is 0 Å². The molecule has 1 aromatic rings. The molecule has 0 aromatic heterocycles. The molecule has 0 heterocycles. The average Bonchev–Trinajstić information content (AvgIpc) is 2.33. The zero-order valence-electron chi connectivity index (χ0n) is 11.0. The number of hydrogen-bond acceptors (Lipinski definition) is 3. The first-order valence-corrected chi connectivity index (χ1v) is 5.87. The smallest absolute Gasteiger partial charge is 0.246 e. The van der Waals surface area contributed by atoms with Gasteiger partial charge in [-0.05, 0) is 20.8 Å². The molecule has 0 saturated heterocycles. The Hall–Kier alpha value is -1.68. The van der Waals surface area contributed by atoms with E-state index in [2.05, 4.69) is 5.32 Å². The number of amides is 1. The number of ketones is 1. The number of benzene rings is 1. The molecule has 0 bridgehead atoms. The van der Waals surface area contributed by atoms with Gasteiger partial charge in [-0.1, -0.05) is 30.3 Å². The van der Waals surface area contributed by atoms with Gasteiger partial charge in [0.2, 0.25) is 5.91 Å². The minimum absolute atomic E-state index is 0.00362. The van der Waals surface area contributed by atoms with Crippen LogP contribution >= 0.6 is 0 Å². The van der Waals surface area contributed by atoms with Crippen LogP contribution in [0.2, 0.25) is 0 Å². The van der Waals surface area contributed by atoms with E-state index >= 15 is 0 Å². The fourth-order valence-corrected chi connectivity index (χ4v) is 1.24. The molecular formula is C14H19NO3. The van der Waals surface area contributed by atoms with Crippen molar-refractivity contribution >= 4 is 11.7 Å². The molecule has 0 radical (unpaired) electrons. The van der Waals surface area contributed by atoms with Crippen molar-refractivity contribution in [1.29, 1.82) is 0 Å². The third-order valence-electron chi connectivity index (χ3n) is 2.18. The summed E-state index contributed by atoms with van der Waals surface area (Å²) in [6, 6.07) is 8.86. The number of Topliss-reactive ketones (excluding diaryl/α,β-unsaturated/α-hetero) is 1. The topological polar surface area (TPSA) is 55.4 Å². The lowest BCUT2D eigenvalue weighted by Crippen LogP contribution is -2.35. The molecule has 0 aliphatic carbocycles. The van der Waals surface area contributed by atoms with Crippen molar-refractivity contribution in [2.24, 2.45) is 0 Å². The summed E-state index contributed by atoms with van der Waals surface area (Å²) in [4.78, 5) is 23.1. The molecule has 0 atom stereocenters. The van der Waals surface area contributed by atoms with E-state index in [0.29, 0.717) is 5.56 Å². The molecule has 1 rings (SSSR count). The number of nitrogens with one attached hydrogen (secondary N) is 1. The summed E-state index contributed by atoms with van der Waals surface area (Å²) in [5.41, 5.74) is 0.232. The molecule has 0 aliphatic heterocycles. The predicted molar refractivity (Wildman–Crippen MR) is 69.5 cm³/mol. The number of carbonyl (C=O) groups excluding carboxylic acids is 2. The minimum atomic E-state index is -0.360. The number of hydrogen-bond donors (Lipinski definition) is 1. The average molecular weight is 249 g/mol. The van der Waals surface area contributed by atoms with Crippen LogP contribution in [0.25, 0.3) is 0 Å². The van der Waals surface area contributed by atoms with E-state index < -0.39 is 0 Å². The molecule has 1 aromatic carbocycles. The first-order chi connectivity index (χ1) is 8.38. The Morgan fingerprint density at radius 1 is 1.17 bits per heavy atom. The molecule has 0 saturated carbocycles. The zero-order valence-corrected chi connectivity index (χ0v) is 11.0. The van der Waals surface area contributed by atoms with Crippen molar-refractivity contribution in [1.82, 2.24) is 5.32 Å². The van der Waals surface area contributed by atoms with Crippen LogP contribution in [0.15, 0.2) is 30.3 Å². The summed E-state index contributed by atoms with van der Waals surface area (Å²) in [5.74, 6) is -0.395. The van der Waals surface area contributed by atoms with E-state index in [1.165, 1.54) is 0 Å². The van der Waals surface area contributed by atoms with Gasteiger partial charge in [0.1, 0.15) is 6.61 Å². The van der Waals surface area contributed by atoms with Gasteiger partial charge in [-0.25, -0.2) is 0 Å². The molecular weight excluding hydrogens is 230 g/mol. The lowest BCUT2D eigenvalue weighted by Gasteiger charge is -2.18. The van der Waals surface area contributed by atoms with Crippen molar-refractivity contribution in [2.45, 2.75) is 26.4 Å². The number of carbonyl (C=O) groups is 2. The van der Waals surface area contributed by atoms with Crippen molar-refractivity contribution < 1.29 is 14.3 Å². The monoisotopic (exact) mass is 249 g/mol. The first-order valence-electron chi connectivity index (χ1n) is 5.87. The largest absolute Gasteiger partial charge is 0.366 e. The summed E-state index contributed by atoms with van der Waals surface area (Å²) in [6.45, 7) is 5.57. The molecule has 98 valence electrons. The summed E-state index contributed by atoms with van der Waals surface area (Å²) < 4.78 is 5.31. The SMILES string of the molecule is CC(C)(C)OCC(=O)NCC(=O)c1ccccc1. The Morgan fingerprint density at radius 3 is 2.33 bits per heavy atom. The first kappa shape index (κ1) is 14.4. The minimum Gasteiger partial charge on any atom is -0.366 e. The maximum Gasteiger partial charge on any atom is 0.246 e. The number of ether oxygens (including phenoxy) is 1. The third kappa shape index (κ3) is 5.59. The van der Waals surface area contributed by atoms with Gasteiger partial charge in [0, 0.05) is 5.56 Å². The van der Waals surface area contributed by atoms with Crippen molar-refractivity contribution in [3.8, 4) is 0 Å². The molecule has 0 unspecified atom stereocenters. The Morgan fingerprint density at radius 2 is 1.78 bits per heavy atom. The lowest BCUT2D eigenvalue weighted by molar-refractivity contribution is -0.130. The van der Waals surface area contributed by atoms with Crippen LogP contribution in [-0.4, -0.2) is 30.4 Å². The third-order valence-corrected chi connectivity index (χ3v) is 2.18. The van der Waals surface area contributed by atoms with E-state index in [-0.39, 0.29) is 30.4 Å². The van der Waals surface area contributed by atoms with Gasteiger partial charge < -0.3 is 10.1 Å². The van der Waals surface area contributed by atoms with E-state index in [1.807, 2.05) is 26.8 Å². The summed E-state index contributed by atoms with van der Waals surface area (Å²) in [7, 11) is 0. The van der Waals surface area contributed by atoms with Crippen LogP contribution in [0.5, 0.6) is 0 Å². The Bertz CT molecular complexity index is 407. The van der Waals surface area contributed by atoms with Gasteiger partial charge in [0.25, 0.3) is 0 Å². The highest BCUT2D eigenvalue weighted by Crippen LogP contribution is 2.05. The van der Waals surface area contributed by atoms with Crippen molar-refractivity contribution in [3.05, 3.63) is 35.9 Å². The molecule has 0 fully saturated rings. The van der Waals surface area contributed by atoms with Gasteiger partial charge in [0.05, 0.1) is 12.1 Å². The van der Waals surface area contributed by atoms with E-state index in [4.69, 9.17) is 4.74 Å². The fraction of sp³-hybridized carbons (Fsp3) is 0.429. The Kier molecular flexibility index (Phi) is 5.04. The second-order valence-corrected chi connectivity index (χ2v) is 4.97. The lowest BCUT2D eigenvalue weighted by atomic mass is 10.1. The second kappa shape index (κ2) is 6.31. The quantitative estimate of drug-likeness (QED) is 0.810. The highest BCUT2D eigenvalue weighted by molar-refractivity contribution is 5.99. The number of rotatable bonds is 5. The van der Waals surface area contributed by atoms with Gasteiger partial charge in [-0.15, -0.1) is 0 Å². The Labute approximate surface area is 107 Å². The molecule has 4 heteroatoms. The summed E-state index contributed by atoms with van der Waals surface area (Å²) >= 11 is 0. The molecule has 4 nitrogen and oxygen atoms in total. The van der Waals surface area contributed by atoms with Crippen LogP contribution in [0.1, 0.15) is 31.1 Å². The van der Waals surface area contributed by atoms with Crippen LogP contribution in [0.3, 0.4) is 0 Å². The van der Waals surface area contributed by atoms with Crippen molar-refractivity contribution in [2.75, 3.05) is 13.2 Å². The summed E-state index contributed by atoms with van der Waals surface area (Å²) in [6.07, 6.45) is 0. The maximum atomic E-state index is 11.7. The zero-order chi connectivity index (χ0) is 13.6. The normalized spacial score (nSPS) is 11.1. The fourth-order valence-electron chi connectivity index (χ4n) is 1.24. The van der Waals surface area contributed by atoms with Crippen LogP contribution in [-0.2, 0) is 9.53 Å². The molecule has 18 heavy (non-hydrogen) atoms. The Balaban J connectivity index is 2.33. The summed E-state index contributed by atoms with van der Waals surface area (Å²) in [5, 5.41) is 2.54. The van der Waals surface area contributed by atoms with E-state index in [1.54, 1.807) is 24.3 Å². The van der Waals surface area contributed by atoms with Crippen LogP contribution < -0.4 is 5.32 Å². The van der Waals surface area contributed by atoms with Gasteiger partial charge in [0.15, 0.2) is 5.78 Å². The molecule has 0 spiro atoms. The highest BCUT2D eigenvalue weighted by atomic mass is 16.5. The molecule has 0 aliphatic rings. The maximum absolute atomic E-state index is 11.7. The van der Waals surface area contributed by atoms with Gasteiger partial charge in [-0.2, -0.15) is 0 Å². The molecule has 1 amide bonds. The second-order valence-electron chi connectivity index (χ2n) is 4.97. The van der Waals surface area contributed by atoms with Crippen LogP contribution in [0.4, 0.5) is 0 Å². The molecule has 1 N–H and O–H groups in total. The highest BCUT2D eigenvalue weighted by Gasteiger charge is 2.13.